The standard InChI is InChI=1S/C21H23FN8O3S/c1-24-12-10-30-20(33-11-12)18(9-27-30)34(23,32)29-21(31)28-19-14-3-2-4-17(14)26-7-15(19)13-5-6-25-8-16(13)22/h5-9,12,24H,2-4,10-11H2,1H3,(H3,23,26,28,29,31,32). The average molecular weight is 487 g/mol. The van der Waals surface area contributed by atoms with E-state index >= 15 is 0 Å². The van der Waals surface area contributed by atoms with Crippen molar-refractivity contribution in [3.8, 4) is 17.0 Å². The quantitative estimate of drug-likeness (QED) is 0.510. The number of aromatic nitrogens is 4. The Kier molecular flexibility index (Phi) is 5.75. The Hall–Kier alpha value is -3.42. The van der Waals surface area contributed by atoms with Gasteiger partial charge < -0.3 is 15.4 Å². The van der Waals surface area contributed by atoms with E-state index in [1.807, 2.05) is 0 Å². The molecule has 0 aromatic carbocycles. The molecule has 4 N–H and O–H groups in total. The van der Waals surface area contributed by atoms with E-state index in [1.165, 1.54) is 29.3 Å². The van der Waals surface area contributed by atoms with Crippen LogP contribution in [0.2, 0.25) is 0 Å². The van der Waals surface area contributed by atoms with Crippen molar-refractivity contribution in [3.63, 3.8) is 0 Å². The largest absolute Gasteiger partial charge is 0.475 e. The van der Waals surface area contributed by atoms with Crippen molar-refractivity contribution < 1.29 is 18.1 Å². The normalized spacial score (nSPS) is 18.4. The van der Waals surface area contributed by atoms with Crippen LogP contribution in [0.5, 0.6) is 5.88 Å². The second-order valence-corrected chi connectivity index (χ2v) is 9.82. The molecule has 3 aromatic heterocycles. The van der Waals surface area contributed by atoms with Gasteiger partial charge >= 0.3 is 6.03 Å². The van der Waals surface area contributed by atoms with Crippen molar-refractivity contribution >= 4 is 21.6 Å². The number of hydrogen-bond donors (Lipinski definition) is 3. The highest BCUT2D eigenvalue weighted by molar-refractivity contribution is 7.91. The maximum atomic E-state index is 14.5. The monoisotopic (exact) mass is 486 g/mol. The SMILES string of the molecule is CNC1COc2c(S(N)(=O)=NC(=O)Nc3c(-c4ccncc4F)cnc4c3CCC4)cnn2C1. The van der Waals surface area contributed by atoms with Gasteiger partial charge in [0.1, 0.15) is 17.3 Å². The van der Waals surface area contributed by atoms with E-state index in [0.717, 1.165) is 30.3 Å². The van der Waals surface area contributed by atoms with Gasteiger partial charge in [-0.2, -0.15) is 5.10 Å². The number of urea groups is 1. The van der Waals surface area contributed by atoms with E-state index < -0.39 is 21.8 Å². The number of hydrogen-bond acceptors (Lipinski definition) is 7. The summed E-state index contributed by atoms with van der Waals surface area (Å²) >= 11 is 0. The van der Waals surface area contributed by atoms with Crippen LogP contribution in [0.1, 0.15) is 17.7 Å². The predicted octanol–water partition coefficient (Wildman–Crippen LogP) is 1.88. The van der Waals surface area contributed by atoms with Crippen molar-refractivity contribution in [2.24, 2.45) is 9.50 Å². The molecule has 0 fully saturated rings. The number of nitrogens with zero attached hydrogens (tertiary/aromatic N) is 5. The lowest BCUT2D eigenvalue weighted by atomic mass is 10.0. The summed E-state index contributed by atoms with van der Waals surface area (Å²) in [6.45, 7) is 0.832. The number of fused-ring (bicyclic) bond motifs is 2. The van der Waals surface area contributed by atoms with Gasteiger partial charge in [-0.1, -0.05) is 0 Å². The third-order valence-electron chi connectivity index (χ3n) is 5.92. The van der Waals surface area contributed by atoms with Crippen LogP contribution < -0.4 is 20.5 Å². The van der Waals surface area contributed by atoms with Crippen LogP contribution in [0.25, 0.3) is 11.1 Å². The molecule has 34 heavy (non-hydrogen) atoms. The summed E-state index contributed by atoms with van der Waals surface area (Å²) in [6, 6.07) is 0.615. The van der Waals surface area contributed by atoms with E-state index in [0.29, 0.717) is 30.8 Å². The summed E-state index contributed by atoms with van der Waals surface area (Å²) in [6.07, 6.45) is 7.62. The average Bonchev–Trinajstić information content (AvgIpc) is 3.46. The highest BCUT2D eigenvalue weighted by atomic mass is 32.2. The molecule has 0 spiro atoms. The lowest BCUT2D eigenvalue weighted by molar-refractivity contribution is 0.184. The fourth-order valence-corrected chi connectivity index (χ4v) is 5.20. The number of pyridine rings is 2. The van der Waals surface area contributed by atoms with Crippen molar-refractivity contribution in [2.75, 3.05) is 19.0 Å². The first-order valence-electron chi connectivity index (χ1n) is 10.7. The van der Waals surface area contributed by atoms with Crippen molar-refractivity contribution in [1.29, 1.82) is 0 Å². The van der Waals surface area contributed by atoms with Gasteiger partial charge in [0.2, 0.25) is 5.88 Å². The number of anilines is 1. The Morgan fingerprint density at radius 1 is 1.32 bits per heavy atom. The number of likely N-dealkylation sites (N-methyl/N-ethyl adjacent to an activating group) is 1. The highest BCUT2D eigenvalue weighted by Crippen LogP contribution is 2.37. The number of aryl methyl sites for hydroxylation is 1. The molecule has 2 aliphatic rings. The van der Waals surface area contributed by atoms with Gasteiger partial charge in [-0.15, -0.1) is 4.36 Å². The number of ether oxygens (including phenoxy) is 1. The van der Waals surface area contributed by atoms with E-state index in [9.17, 15) is 13.4 Å². The molecule has 2 atom stereocenters. The lowest BCUT2D eigenvalue weighted by Crippen LogP contribution is -2.40. The molecule has 0 saturated carbocycles. The number of carbonyl (C=O) groups excluding carboxylic acids is 1. The van der Waals surface area contributed by atoms with Gasteiger partial charge in [0.25, 0.3) is 0 Å². The summed E-state index contributed by atoms with van der Waals surface area (Å²) in [4.78, 5) is 21.2. The second-order valence-electron chi connectivity index (χ2n) is 8.06. The first-order valence-corrected chi connectivity index (χ1v) is 12.3. The topological polar surface area (TPSA) is 149 Å². The number of halogens is 1. The highest BCUT2D eigenvalue weighted by Gasteiger charge is 2.28. The third-order valence-corrected chi connectivity index (χ3v) is 7.27. The Balaban J connectivity index is 1.50. The molecular formula is C21H23FN8O3S. The minimum atomic E-state index is -3.67. The van der Waals surface area contributed by atoms with Crippen molar-refractivity contribution in [2.45, 2.75) is 36.7 Å². The summed E-state index contributed by atoms with van der Waals surface area (Å²) in [7, 11) is -1.86. The number of amides is 2. The molecule has 0 bridgehead atoms. The molecule has 0 radical (unpaired) electrons. The molecule has 13 heteroatoms. The van der Waals surface area contributed by atoms with Gasteiger partial charge in [-0.3, -0.25) is 9.97 Å². The van der Waals surface area contributed by atoms with Gasteiger partial charge in [-0.05, 0) is 37.9 Å². The Labute approximate surface area is 195 Å². The molecule has 1 aliphatic heterocycles. The first kappa shape index (κ1) is 22.4. The predicted molar refractivity (Wildman–Crippen MR) is 122 cm³/mol. The van der Waals surface area contributed by atoms with Crippen molar-refractivity contribution in [3.05, 3.63) is 47.9 Å². The van der Waals surface area contributed by atoms with E-state index in [2.05, 4.69) is 30.1 Å². The molecule has 1 aliphatic carbocycles. The van der Waals surface area contributed by atoms with Gasteiger partial charge in [-0.25, -0.2) is 23.2 Å². The number of nitrogens with one attached hydrogen (secondary N) is 2. The molecule has 2 unspecified atom stereocenters. The van der Waals surface area contributed by atoms with Gasteiger partial charge in [0, 0.05) is 29.2 Å². The summed E-state index contributed by atoms with van der Waals surface area (Å²) < 4.78 is 38.7. The minimum Gasteiger partial charge on any atom is -0.475 e. The summed E-state index contributed by atoms with van der Waals surface area (Å²) in [5.74, 6) is -0.333. The Morgan fingerprint density at radius 2 is 2.18 bits per heavy atom. The second kappa shape index (κ2) is 8.74. The van der Waals surface area contributed by atoms with E-state index in [1.54, 1.807) is 7.05 Å². The zero-order valence-electron chi connectivity index (χ0n) is 18.3. The Morgan fingerprint density at radius 3 is 2.97 bits per heavy atom. The molecule has 3 aromatic rings. The maximum absolute atomic E-state index is 14.5. The Bertz CT molecular complexity index is 1400. The molecule has 2 amide bonds. The molecule has 11 nitrogen and oxygen atoms in total. The van der Waals surface area contributed by atoms with Crippen LogP contribution in [-0.2, 0) is 29.3 Å². The van der Waals surface area contributed by atoms with Crippen LogP contribution in [0.15, 0.2) is 40.1 Å². The van der Waals surface area contributed by atoms with Crippen LogP contribution in [0.4, 0.5) is 14.9 Å². The number of nitrogens with two attached hydrogens (primary N) is 1. The molecular weight excluding hydrogens is 463 g/mol. The number of rotatable bonds is 4. The molecule has 178 valence electrons. The van der Waals surface area contributed by atoms with E-state index in [-0.39, 0.29) is 22.4 Å². The fraction of sp³-hybridized carbons (Fsp3) is 0.333. The van der Waals surface area contributed by atoms with Crippen LogP contribution in [-0.4, -0.2) is 49.7 Å². The van der Waals surface area contributed by atoms with Crippen molar-refractivity contribution in [1.82, 2.24) is 25.1 Å². The maximum Gasteiger partial charge on any atom is 0.354 e. The van der Waals surface area contributed by atoms with E-state index in [4.69, 9.17) is 9.88 Å². The number of carbonyl (C=O) groups is 1. The third kappa shape index (κ3) is 4.02. The zero-order valence-corrected chi connectivity index (χ0v) is 19.1. The van der Waals surface area contributed by atoms with Crippen LogP contribution in [0, 0.1) is 5.82 Å². The lowest BCUT2D eigenvalue weighted by Gasteiger charge is -2.24. The molecule has 5 rings (SSSR count). The molecule has 4 heterocycles. The van der Waals surface area contributed by atoms with Crippen LogP contribution >= 0.6 is 0 Å². The smallest absolute Gasteiger partial charge is 0.354 e. The molecule has 0 saturated heterocycles. The fourth-order valence-electron chi connectivity index (χ4n) is 4.20. The first-order chi connectivity index (χ1) is 16.4. The van der Waals surface area contributed by atoms with Gasteiger partial charge in [0.05, 0.1) is 30.7 Å². The van der Waals surface area contributed by atoms with Gasteiger partial charge in [0.15, 0.2) is 9.92 Å². The zero-order chi connectivity index (χ0) is 23.9. The van der Waals surface area contributed by atoms with Crippen LogP contribution in [0.3, 0.4) is 0 Å². The summed E-state index contributed by atoms with van der Waals surface area (Å²) in [5, 5.41) is 15.9. The minimum absolute atomic E-state index is 0.0371. The summed E-state index contributed by atoms with van der Waals surface area (Å²) in [5.41, 5.74) is 2.61.